The second kappa shape index (κ2) is 3.76. The van der Waals surface area contributed by atoms with Gasteiger partial charge in [-0.3, -0.25) is 0 Å². The molecule has 3 nitrogen and oxygen atoms in total. The Bertz CT molecular complexity index is 342. The van der Waals surface area contributed by atoms with Gasteiger partial charge in [0.15, 0.2) is 0 Å². The van der Waals surface area contributed by atoms with Crippen LogP contribution in [-0.2, 0) is 4.74 Å². The highest BCUT2D eigenvalue weighted by Gasteiger charge is 2.12. The SMILES string of the molecule is C=Cc1cccc(C(=O)OC)c1O. The number of benzene rings is 1. The molecular formula is C10H10O3. The standard InChI is InChI=1S/C10H10O3/c1-3-7-5-4-6-8(9(7)11)10(12)13-2/h3-6,11H,1H2,2H3. The molecule has 0 spiro atoms. The summed E-state index contributed by atoms with van der Waals surface area (Å²) in [6.07, 6.45) is 1.47. The maximum atomic E-state index is 11.1. The summed E-state index contributed by atoms with van der Waals surface area (Å²) in [4.78, 5) is 11.1. The average molecular weight is 178 g/mol. The molecule has 0 saturated heterocycles. The van der Waals surface area contributed by atoms with Crippen molar-refractivity contribution >= 4 is 12.0 Å². The van der Waals surface area contributed by atoms with Gasteiger partial charge in [-0.15, -0.1) is 0 Å². The van der Waals surface area contributed by atoms with Gasteiger partial charge in [0.1, 0.15) is 11.3 Å². The molecule has 0 amide bonds. The largest absolute Gasteiger partial charge is 0.506 e. The van der Waals surface area contributed by atoms with Crippen molar-refractivity contribution in [2.75, 3.05) is 7.11 Å². The van der Waals surface area contributed by atoms with Crippen molar-refractivity contribution in [2.24, 2.45) is 0 Å². The van der Waals surface area contributed by atoms with Crippen LogP contribution in [0.25, 0.3) is 6.08 Å². The lowest BCUT2D eigenvalue weighted by Gasteiger charge is -2.04. The number of esters is 1. The molecule has 3 heteroatoms. The van der Waals surface area contributed by atoms with E-state index in [1.54, 1.807) is 12.1 Å². The van der Waals surface area contributed by atoms with Gasteiger partial charge >= 0.3 is 5.97 Å². The predicted octanol–water partition coefficient (Wildman–Crippen LogP) is 1.82. The molecule has 0 aromatic heterocycles. The molecule has 1 aromatic rings. The van der Waals surface area contributed by atoms with E-state index in [1.807, 2.05) is 0 Å². The zero-order valence-corrected chi connectivity index (χ0v) is 7.28. The Labute approximate surface area is 76.3 Å². The lowest BCUT2D eigenvalue weighted by Crippen LogP contribution is -2.01. The summed E-state index contributed by atoms with van der Waals surface area (Å²) < 4.78 is 4.48. The lowest BCUT2D eigenvalue weighted by atomic mass is 10.1. The smallest absolute Gasteiger partial charge is 0.341 e. The van der Waals surface area contributed by atoms with Crippen LogP contribution in [0, 0.1) is 0 Å². The minimum atomic E-state index is -0.554. The number of hydrogen-bond donors (Lipinski definition) is 1. The molecular weight excluding hydrogens is 168 g/mol. The van der Waals surface area contributed by atoms with Crippen molar-refractivity contribution in [3.05, 3.63) is 35.9 Å². The van der Waals surface area contributed by atoms with Gasteiger partial charge in [-0.1, -0.05) is 24.8 Å². The Kier molecular flexibility index (Phi) is 2.69. The first-order chi connectivity index (χ1) is 6.20. The Balaban J connectivity index is 3.23. The predicted molar refractivity (Wildman–Crippen MR) is 49.5 cm³/mol. The highest BCUT2D eigenvalue weighted by Crippen LogP contribution is 2.23. The van der Waals surface area contributed by atoms with Crippen molar-refractivity contribution in [3.63, 3.8) is 0 Å². The Hall–Kier alpha value is -1.77. The van der Waals surface area contributed by atoms with Crippen LogP contribution in [0.4, 0.5) is 0 Å². The molecule has 13 heavy (non-hydrogen) atoms. The van der Waals surface area contributed by atoms with Gasteiger partial charge < -0.3 is 9.84 Å². The van der Waals surface area contributed by atoms with Crippen LogP contribution in [-0.4, -0.2) is 18.2 Å². The minimum absolute atomic E-state index is 0.0932. The van der Waals surface area contributed by atoms with Crippen LogP contribution >= 0.6 is 0 Å². The zero-order chi connectivity index (χ0) is 9.84. The maximum absolute atomic E-state index is 11.1. The molecule has 0 radical (unpaired) electrons. The van der Waals surface area contributed by atoms with Gasteiger partial charge in [0.05, 0.1) is 7.11 Å². The number of rotatable bonds is 2. The summed E-state index contributed by atoms with van der Waals surface area (Å²) in [7, 11) is 1.27. The number of methoxy groups -OCH3 is 1. The third-order valence-electron chi connectivity index (χ3n) is 1.69. The second-order valence-electron chi connectivity index (χ2n) is 2.44. The van der Waals surface area contributed by atoms with Crippen molar-refractivity contribution in [3.8, 4) is 5.75 Å². The van der Waals surface area contributed by atoms with Crippen molar-refractivity contribution in [1.29, 1.82) is 0 Å². The van der Waals surface area contributed by atoms with E-state index in [-0.39, 0.29) is 11.3 Å². The fraction of sp³-hybridized carbons (Fsp3) is 0.100. The van der Waals surface area contributed by atoms with Gasteiger partial charge in [0.25, 0.3) is 0 Å². The molecule has 0 aliphatic carbocycles. The second-order valence-corrected chi connectivity index (χ2v) is 2.44. The van der Waals surface area contributed by atoms with E-state index in [9.17, 15) is 9.90 Å². The highest BCUT2D eigenvalue weighted by atomic mass is 16.5. The summed E-state index contributed by atoms with van der Waals surface area (Å²) in [6.45, 7) is 3.51. The number of phenolic OH excluding ortho intramolecular Hbond substituents is 1. The fourth-order valence-electron chi connectivity index (χ4n) is 1.00. The Morgan fingerprint density at radius 2 is 2.31 bits per heavy atom. The van der Waals surface area contributed by atoms with Crippen LogP contribution in [0.2, 0.25) is 0 Å². The van der Waals surface area contributed by atoms with Crippen molar-refractivity contribution < 1.29 is 14.6 Å². The third kappa shape index (κ3) is 1.69. The Morgan fingerprint density at radius 1 is 1.62 bits per heavy atom. The summed E-state index contributed by atoms with van der Waals surface area (Å²) in [5.74, 6) is -0.648. The quantitative estimate of drug-likeness (QED) is 0.702. The van der Waals surface area contributed by atoms with Gasteiger partial charge in [-0.2, -0.15) is 0 Å². The molecule has 0 saturated carbocycles. The number of hydrogen-bond acceptors (Lipinski definition) is 3. The fourth-order valence-corrected chi connectivity index (χ4v) is 1.00. The highest BCUT2D eigenvalue weighted by molar-refractivity contribution is 5.93. The zero-order valence-electron chi connectivity index (χ0n) is 7.28. The van der Waals surface area contributed by atoms with Crippen LogP contribution in [0.3, 0.4) is 0 Å². The van der Waals surface area contributed by atoms with Gasteiger partial charge in [0, 0.05) is 5.56 Å². The van der Waals surface area contributed by atoms with E-state index in [4.69, 9.17) is 0 Å². The van der Waals surface area contributed by atoms with Crippen LogP contribution in [0.1, 0.15) is 15.9 Å². The maximum Gasteiger partial charge on any atom is 0.341 e. The molecule has 0 aliphatic heterocycles. The van der Waals surface area contributed by atoms with Crippen LogP contribution in [0.15, 0.2) is 24.8 Å². The molecule has 1 N–H and O–H groups in total. The van der Waals surface area contributed by atoms with Gasteiger partial charge in [-0.05, 0) is 6.07 Å². The monoisotopic (exact) mass is 178 g/mol. The first kappa shape index (κ1) is 9.32. The topological polar surface area (TPSA) is 46.5 Å². The molecule has 0 aliphatic rings. The molecule has 0 heterocycles. The van der Waals surface area contributed by atoms with Crippen molar-refractivity contribution in [2.45, 2.75) is 0 Å². The molecule has 68 valence electrons. The molecule has 0 atom stereocenters. The summed E-state index contributed by atoms with van der Waals surface area (Å²) in [5, 5.41) is 9.52. The van der Waals surface area contributed by atoms with Gasteiger partial charge in [0.2, 0.25) is 0 Å². The van der Waals surface area contributed by atoms with Gasteiger partial charge in [-0.25, -0.2) is 4.79 Å². The number of phenols is 1. The number of ether oxygens (including phenoxy) is 1. The molecule has 1 aromatic carbocycles. The van der Waals surface area contributed by atoms with E-state index in [0.29, 0.717) is 5.56 Å². The summed E-state index contributed by atoms with van der Waals surface area (Å²) in [6, 6.07) is 4.81. The van der Waals surface area contributed by atoms with Crippen LogP contribution in [0.5, 0.6) is 5.75 Å². The van der Waals surface area contributed by atoms with Crippen molar-refractivity contribution in [1.82, 2.24) is 0 Å². The number of carbonyl (C=O) groups excluding carboxylic acids is 1. The third-order valence-corrected chi connectivity index (χ3v) is 1.69. The lowest BCUT2D eigenvalue weighted by molar-refractivity contribution is 0.0597. The molecule has 0 fully saturated rings. The minimum Gasteiger partial charge on any atom is -0.506 e. The molecule has 0 bridgehead atoms. The van der Waals surface area contributed by atoms with Crippen LogP contribution < -0.4 is 0 Å². The summed E-state index contributed by atoms with van der Waals surface area (Å²) in [5.41, 5.74) is 0.669. The van der Waals surface area contributed by atoms with E-state index >= 15 is 0 Å². The number of para-hydroxylation sites is 1. The van der Waals surface area contributed by atoms with E-state index in [0.717, 1.165) is 0 Å². The first-order valence-electron chi connectivity index (χ1n) is 3.73. The van der Waals surface area contributed by atoms with E-state index < -0.39 is 5.97 Å². The van der Waals surface area contributed by atoms with E-state index in [1.165, 1.54) is 19.3 Å². The average Bonchev–Trinajstić information content (AvgIpc) is 2.17. The normalized spacial score (nSPS) is 9.31. The van der Waals surface area contributed by atoms with E-state index in [2.05, 4.69) is 11.3 Å². The first-order valence-corrected chi connectivity index (χ1v) is 3.73. The number of carbonyl (C=O) groups is 1. The summed E-state index contributed by atoms with van der Waals surface area (Å²) >= 11 is 0. The molecule has 1 rings (SSSR count). The number of aromatic hydroxyl groups is 1. The Morgan fingerprint density at radius 3 is 2.85 bits per heavy atom. The molecule has 0 unspecified atom stereocenters.